The first kappa shape index (κ1) is 14.4. The van der Waals surface area contributed by atoms with Crippen LogP contribution in [-0.2, 0) is 11.3 Å². The highest BCUT2D eigenvalue weighted by molar-refractivity contribution is 5.80. The number of nitrogen functional groups attached to an aromatic ring is 1. The summed E-state index contributed by atoms with van der Waals surface area (Å²) in [7, 11) is 0. The first-order valence-corrected chi connectivity index (χ1v) is 6.80. The van der Waals surface area contributed by atoms with E-state index in [1.807, 2.05) is 50.5 Å². The minimum atomic E-state index is -0.212. The largest absolute Gasteiger partial charge is 0.369 e. The lowest BCUT2D eigenvalue weighted by atomic mass is 10.1. The number of aryl methyl sites for hydroxylation is 2. The molecule has 0 aliphatic rings. The molecule has 1 heterocycles. The number of nitrogens with zero attached hydrogens (tertiary/aromatic N) is 2. The molecule has 0 bridgehead atoms. The third-order valence-corrected chi connectivity index (χ3v) is 3.01. The lowest BCUT2D eigenvalue weighted by molar-refractivity contribution is -0.122. The topological polar surface area (TPSA) is 72.9 Å². The van der Waals surface area contributed by atoms with Crippen LogP contribution in [0.4, 0.5) is 5.95 Å². The number of benzene rings is 1. The molecule has 2 aromatic rings. The van der Waals surface area contributed by atoms with Gasteiger partial charge in [0.25, 0.3) is 0 Å². The van der Waals surface area contributed by atoms with Gasteiger partial charge in [-0.25, -0.2) is 4.98 Å². The summed E-state index contributed by atoms with van der Waals surface area (Å²) in [5.41, 5.74) is 8.72. The average Bonchev–Trinajstić information content (AvgIpc) is 2.59. The standard InChI is InChI=1S/C15H22N4O/c1-10-5-6-11-12(9-10)19(14(16)17-11)8-7-13(20)18-15(2,3)4/h5-6,9H,7-8H2,1-4H3,(H2,16,17)(H,18,20). The van der Waals surface area contributed by atoms with E-state index in [2.05, 4.69) is 10.3 Å². The predicted octanol–water partition coefficient (Wildman–Crippen LogP) is 2.23. The van der Waals surface area contributed by atoms with Crippen LogP contribution < -0.4 is 11.1 Å². The SMILES string of the molecule is Cc1ccc2nc(N)n(CCC(=O)NC(C)(C)C)c2c1. The molecule has 0 aliphatic heterocycles. The lowest BCUT2D eigenvalue weighted by Gasteiger charge is -2.20. The Kier molecular flexibility index (Phi) is 3.70. The van der Waals surface area contributed by atoms with Gasteiger partial charge in [-0.1, -0.05) is 6.07 Å². The van der Waals surface area contributed by atoms with Crippen LogP contribution in [0.2, 0.25) is 0 Å². The zero-order valence-electron chi connectivity index (χ0n) is 12.5. The molecule has 0 saturated heterocycles. The maximum absolute atomic E-state index is 11.9. The molecule has 0 saturated carbocycles. The van der Waals surface area contributed by atoms with Crippen LogP contribution in [0.25, 0.3) is 11.0 Å². The molecule has 5 nitrogen and oxygen atoms in total. The number of carbonyl (C=O) groups is 1. The molecule has 5 heteroatoms. The van der Waals surface area contributed by atoms with Crippen molar-refractivity contribution in [2.24, 2.45) is 0 Å². The Morgan fingerprint density at radius 1 is 1.40 bits per heavy atom. The first-order valence-electron chi connectivity index (χ1n) is 6.80. The Balaban J connectivity index is 2.16. The Labute approximate surface area is 119 Å². The molecular weight excluding hydrogens is 252 g/mol. The highest BCUT2D eigenvalue weighted by Crippen LogP contribution is 2.19. The van der Waals surface area contributed by atoms with Crippen LogP contribution in [-0.4, -0.2) is 21.0 Å². The van der Waals surface area contributed by atoms with Crippen molar-refractivity contribution in [3.05, 3.63) is 23.8 Å². The number of nitrogens with one attached hydrogen (secondary N) is 1. The molecule has 3 N–H and O–H groups in total. The van der Waals surface area contributed by atoms with Gasteiger partial charge in [0, 0.05) is 18.5 Å². The number of hydrogen-bond acceptors (Lipinski definition) is 3. The van der Waals surface area contributed by atoms with Crippen LogP contribution in [0, 0.1) is 6.92 Å². The summed E-state index contributed by atoms with van der Waals surface area (Å²) >= 11 is 0. The molecule has 0 fully saturated rings. The summed E-state index contributed by atoms with van der Waals surface area (Å²) in [5.74, 6) is 0.473. The van der Waals surface area contributed by atoms with Crippen molar-refractivity contribution in [2.45, 2.75) is 46.2 Å². The molecule has 0 unspecified atom stereocenters. The van der Waals surface area contributed by atoms with Crippen molar-refractivity contribution in [1.82, 2.24) is 14.9 Å². The fraction of sp³-hybridized carbons (Fsp3) is 0.467. The third-order valence-electron chi connectivity index (χ3n) is 3.01. The predicted molar refractivity (Wildman–Crippen MR) is 81.4 cm³/mol. The number of nitrogens with two attached hydrogens (primary N) is 1. The van der Waals surface area contributed by atoms with Gasteiger partial charge in [0.05, 0.1) is 11.0 Å². The lowest BCUT2D eigenvalue weighted by Crippen LogP contribution is -2.40. The van der Waals surface area contributed by atoms with Crippen LogP contribution in [0.5, 0.6) is 0 Å². The first-order chi connectivity index (χ1) is 9.26. The molecule has 20 heavy (non-hydrogen) atoms. The highest BCUT2D eigenvalue weighted by Gasteiger charge is 2.15. The summed E-state index contributed by atoms with van der Waals surface area (Å²) in [5, 5.41) is 2.95. The minimum absolute atomic E-state index is 0.0198. The molecule has 0 atom stereocenters. The maximum Gasteiger partial charge on any atom is 0.222 e. The summed E-state index contributed by atoms with van der Waals surface area (Å²) < 4.78 is 1.89. The van der Waals surface area contributed by atoms with E-state index < -0.39 is 0 Å². The number of rotatable bonds is 3. The number of imidazole rings is 1. The Bertz CT molecular complexity index is 637. The summed E-state index contributed by atoms with van der Waals surface area (Å²) in [4.78, 5) is 16.2. The van der Waals surface area contributed by atoms with Gasteiger partial charge in [0.15, 0.2) is 0 Å². The van der Waals surface area contributed by atoms with Gasteiger partial charge < -0.3 is 15.6 Å². The summed E-state index contributed by atoms with van der Waals surface area (Å²) in [6.45, 7) is 8.46. The fourth-order valence-corrected chi connectivity index (χ4v) is 2.18. The van der Waals surface area contributed by atoms with Crippen LogP contribution >= 0.6 is 0 Å². The van der Waals surface area contributed by atoms with E-state index in [9.17, 15) is 4.79 Å². The number of anilines is 1. The van der Waals surface area contributed by atoms with E-state index in [4.69, 9.17) is 5.73 Å². The van der Waals surface area contributed by atoms with Crippen molar-refractivity contribution in [1.29, 1.82) is 0 Å². The van der Waals surface area contributed by atoms with Crippen molar-refractivity contribution in [2.75, 3.05) is 5.73 Å². The van der Waals surface area contributed by atoms with Crippen LogP contribution in [0.3, 0.4) is 0 Å². The number of amides is 1. The second-order valence-electron chi connectivity index (χ2n) is 6.16. The van der Waals surface area contributed by atoms with E-state index in [-0.39, 0.29) is 11.4 Å². The Morgan fingerprint density at radius 3 is 2.75 bits per heavy atom. The van der Waals surface area contributed by atoms with Crippen molar-refractivity contribution < 1.29 is 4.79 Å². The molecule has 1 amide bonds. The van der Waals surface area contributed by atoms with Gasteiger partial charge in [-0.3, -0.25) is 4.79 Å². The molecule has 0 radical (unpaired) electrons. The van der Waals surface area contributed by atoms with Crippen LogP contribution in [0.15, 0.2) is 18.2 Å². The molecule has 108 valence electrons. The third kappa shape index (κ3) is 3.29. The monoisotopic (exact) mass is 274 g/mol. The smallest absolute Gasteiger partial charge is 0.222 e. The Hall–Kier alpha value is -2.04. The quantitative estimate of drug-likeness (QED) is 0.901. The van der Waals surface area contributed by atoms with E-state index in [1.54, 1.807) is 0 Å². The number of carbonyl (C=O) groups excluding carboxylic acids is 1. The molecule has 1 aromatic carbocycles. The van der Waals surface area contributed by atoms with Gasteiger partial charge in [-0.2, -0.15) is 0 Å². The van der Waals surface area contributed by atoms with Gasteiger partial charge >= 0.3 is 0 Å². The van der Waals surface area contributed by atoms with Crippen molar-refractivity contribution in [3.8, 4) is 0 Å². The van der Waals surface area contributed by atoms with E-state index in [0.29, 0.717) is 18.9 Å². The number of fused-ring (bicyclic) bond motifs is 1. The zero-order valence-corrected chi connectivity index (χ0v) is 12.5. The second-order valence-corrected chi connectivity index (χ2v) is 6.16. The van der Waals surface area contributed by atoms with Gasteiger partial charge in [0.1, 0.15) is 0 Å². The van der Waals surface area contributed by atoms with E-state index in [0.717, 1.165) is 16.6 Å². The minimum Gasteiger partial charge on any atom is -0.369 e. The summed E-state index contributed by atoms with van der Waals surface area (Å²) in [6.07, 6.45) is 0.390. The zero-order chi connectivity index (χ0) is 14.9. The molecule has 1 aromatic heterocycles. The molecular formula is C15H22N4O. The number of aromatic nitrogens is 2. The fourth-order valence-electron chi connectivity index (χ4n) is 2.18. The highest BCUT2D eigenvalue weighted by atomic mass is 16.1. The average molecular weight is 274 g/mol. The van der Waals surface area contributed by atoms with E-state index >= 15 is 0 Å². The van der Waals surface area contributed by atoms with Crippen LogP contribution in [0.1, 0.15) is 32.8 Å². The van der Waals surface area contributed by atoms with Crippen molar-refractivity contribution >= 4 is 22.9 Å². The van der Waals surface area contributed by atoms with Gasteiger partial charge in [-0.05, 0) is 45.4 Å². The molecule has 0 aliphatic carbocycles. The summed E-state index contributed by atoms with van der Waals surface area (Å²) in [6, 6.07) is 6.00. The second kappa shape index (κ2) is 5.15. The maximum atomic E-state index is 11.9. The number of hydrogen-bond donors (Lipinski definition) is 2. The van der Waals surface area contributed by atoms with Crippen molar-refractivity contribution in [3.63, 3.8) is 0 Å². The Morgan fingerprint density at radius 2 is 2.10 bits per heavy atom. The van der Waals surface area contributed by atoms with E-state index in [1.165, 1.54) is 0 Å². The normalized spacial score (nSPS) is 11.8. The van der Waals surface area contributed by atoms with Gasteiger partial charge in [-0.15, -0.1) is 0 Å². The molecule has 2 rings (SSSR count). The molecule has 0 spiro atoms. The van der Waals surface area contributed by atoms with Gasteiger partial charge in [0.2, 0.25) is 11.9 Å².